The van der Waals surface area contributed by atoms with Crippen LogP contribution in [0.1, 0.15) is 30.2 Å². The van der Waals surface area contributed by atoms with Gasteiger partial charge in [-0.2, -0.15) is 0 Å². The highest BCUT2D eigenvalue weighted by molar-refractivity contribution is 7.09. The summed E-state index contributed by atoms with van der Waals surface area (Å²) in [5.74, 6) is 1.49. The Morgan fingerprint density at radius 2 is 2.13 bits per heavy atom. The molecule has 1 N–H and O–H groups in total. The minimum absolute atomic E-state index is 0.0782. The van der Waals surface area contributed by atoms with Gasteiger partial charge in [-0.1, -0.05) is 12.1 Å². The molecule has 0 spiro atoms. The molecular formula is C18H23NO3S. The molecule has 0 saturated heterocycles. The van der Waals surface area contributed by atoms with Gasteiger partial charge in [-0.05, 0) is 48.9 Å². The Balaban J connectivity index is 1.77. The molecule has 1 aromatic carbocycles. The van der Waals surface area contributed by atoms with Crippen molar-refractivity contribution in [3.05, 3.63) is 46.2 Å². The molecule has 0 atom stereocenters. The van der Waals surface area contributed by atoms with Crippen LogP contribution >= 0.6 is 11.3 Å². The summed E-state index contributed by atoms with van der Waals surface area (Å²) in [6.45, 7) is 3.03. The number of methoxy groups -OCH3 is 1. The van der Waals surface area contributed by atoms with Crippen LogP contribution in [0.2, 0.25) is 0 Å². The van der Waals surface area contributed by atoms with Gasteiger partial charge < -0.3 is 14.8 Å². The van der Waals surface area contributed by atoms with Crippen LogP contribution in [0.5, 0.6) is 11.5 Å². The molecule has 0 fully saturated rings. The predicted molar refractivity (Wildman–Crippen MR) is 93.3 cm³/mol. The summed E-state index contributed by atoms with van der Waals surface area (Å²) in [6, 6.07) is 9.87. The fourth-order valence-electron chi connectivity index (χ4n) is 2.26. The SMILES string of the molecule is CCOc1ccc(CNC(=O)CCCc2cccs2)cc1OC. The Bertz CT molecular complexity index is 611. The van der Waals surface area contributed by atoms with E-state index in [-0.39, 0.29) is 5.91 Å². The molecule has 1 amide bonds. The van der Waals surface area contributed by atoms with Crippen molar-refractivity contribution in [1.82, 2.24) is 5.32 Å². The Labute approximate surface area is 141 Å². The van der Waals surface area contributed by atoms with E-state index >= 15 is 0 Å². The minimum atomic E-state index is 0.0782. The lowest BCUT2D eigenvalue weighted by molar-refractivity contribution is -0.121. The predicted octanol–water partition coefficient (Wildman–Crippen LogP) is 3.79. The first kappa shape index (κ1) is 17.3. The van der Waals surface area contributed by atoms with E-state index in [1.165, 1.54) is 4.88 Å². The van der Waals surface area contributed by atoms with E-state index in [4.69, 9.17) is 9.47 Å². The molecule has 23 heavy (non-hydrogen) atoms. The van der Waals surface area contributed by atoms with Crippen molar-refractivity contribution in [2.75, 3.05) is 13.7 Å². The Hall–Kier alpha value is -2.01. The Morgan fingerprint density at radius 3 is 2.83 bits per heavy atom. The van der Waals surface area contributed by atoms with Crippen molar-refractivity contribution in [1.29, 1.82) is 0 Å². The summed E-state index contributed by atoms with van der Waals surface area (Å²) in [7, 11) is 1.62. The molecule has 0 bridgehead atoms. The molecule has 4 nitrogen and oxygen atoms in total. The summed E-state index contributed by atoms with van der Waals surface area (Å²) in [5, 5.41) is 5.01. The maximum atomic E-state index is 11.9. The third kappa shape index (κ3) is 5.60. The highest BCUT2D eigenvalue weighted by atomic mass is 32.1. The second kappa shape index (κ2) is 9.20. The van der Waals surface area contributed by atoms with Gasteiger partial charge in [0.1, 0.15) is 0 Å². The molecule has 1 heterocycles. The van der Waals surface area contributed by atoms with Crippen LogP contribution in [0.25, 0.3) is 0 Å². The monoisotopic (exact) mass is 333 g/mol. The van der Waals surface area contributed by atoms with Gasteiger partial charge in [0.25, 0.3) is 0 Å². The van der Waals surface area contributed by atoms with E-state index in [1.54, 1.807) is 18.4 Å². The van der Waals surface area contributed by atoms with Crippen LogP contribution in [0.15, 0.2) is 35.7 Å². The van der Waals surface area contributed by atoms with Crippen molar-refractivity contribution >= 4 is 17.2 Å². The summed E-state index contributed by atoms with van der Waals surface area (Å²) in [4.78, 5) is 13.2. The highest BCUT2D eigenvalue weighted by Gasteiger charge is 2.07. The van der Waals surface area contributed by atoms with Gasteiger partial charge >= 0.3 is 0 Å². The Kier molecular flexibility index (Phi) is 6.94. The molecule has 0 unspecified atom stereocenters. The molecule has 5 heteroatoms. The molecule has 1 aromatic heterocycles. The van der Waals surface area contributed by atoms with Crippen LogP contribution in [0.3, 0.4) is 0 Å². The van der Waals surface area contributed by atoms with Crippen molar-refractivity contribution in [3.8, 4) is 11.5 Å². The first-order chi connectivity index (χ1) is 11.2. The van der Waals surface area contributed by atoms with Crippen molar-refractivity contribution in [2.45, 2.75) is 32.7 Å². The second-order valence-electron chi connectivity index (χ2n) is 5.13. The number of amides is 1. The van der Waals surface area contributed by atoms with Crippen LogP contribution in [-0.4, -0.2) is 19.6 Å². The fraction of sp³-hybridized carbons (Fsp3) is 0.389. The fourth-order valence-corrected chi connectivity index (χ4v) is 3.01. The summed E-state index contributed by atoms with van der Waals surface area (Å²) >= 11 is 1.74. The Morgan fingerprint density at radius 1 is 1.26 bits per heavy atom. The minimum Gasteiger partial charge on any atom is -0.493 e. The lowest BCUT2D eigenvalue weighted by Crippen LogP contribution is -2.22. The van der Waals surface area contributed by atoms with Crippen LogP contribution in [-0.2, 0) is 17.8 Å². The van der Waals surface area contributed by atoms with Gasteiger partial charge in [0, 0.05) is 17.8 Å². The first-order valence-corrected chi connectivity index (χ1v) is 8.69. The molecule has 2 rings (SSSR count). The lowest BCUT2D eigenvalue weighted by Gasteiger charge is -2.11. The number of thiophene rings is 1. The lowest BCUT2D eigenvalue weighted by atomic mass is 10.2. The molecule has 0 aliphatic heterocycles. The smallest absolute Gasteiger partial charge is 0.220 e. The molecule has 2 aromatic rings. The van der Waals surface area contributed by atoms with Gasteiger partial charge in [-0.25, -0.2) is 0 Å². The van der Waals surface area contributed by atoms with Gasteiger partial charge in [-0.15, -0.1) is 11.3 Å². The average molecular weight is 333 g/mol. The zero-order chi connectivity index (χ0) is 16.5. The van der Waals surface area contributed by atoms with E-state index < -0.39 is 0 Å². The van der Waals surface area contributed by atoms with E-state index in [2.05, 4.69) is 16.8 Å². The van der Waals surface area contributed by atoms with Crippen LogP contribution in [0, 0.1) is 0 Å². The summed E-state index contributed by atoms with van der Waals surface area (Å²) in [5.41, 5.74) is 0.997. The number of hydrogen-bond acceptors (Lipinski definition) is 4. The standard InChI is InChI=1S/C18H23NO3S/c1-3-22-16-10-9-14(12-17(16)21-2)13-19-18(20)8-4-6-15-7-5-11-23-15/h5,7,9-12H,3-4,6,8,13H2,1-2H3,(H,19,20). The van der Waals surface area contributed by atoms with Crippen molar-refractivity contribution in [3.63, 3.8) is 0 Å². The van der Waals surface area contributed by atoms with Gasteiger partial charge in [-0.3, -0.25) is 4.79 Å². The molecular weight excluding hydrogens is 310 g/mol. The molecule has 0 aliphatic rings. The number of hydrogen-bond donors (Lipinski definition) is 1. The quantitative estimate of drug-likeness (QED) is 0.759. The number of ether oxygens (including phenoxy) is 2. The average Bonchev–Trinajstić information content (AvgIpc) is 3.07. The third-order valence-corrected chi connectivity index (χ3v) is 4.36. The van der Waals surface area contributed by atoms with E-state index in [0.717, 1.165) is 24.2 Å². The molecule has 124 valence electrons. The van der Waals surface area contributed by atoms with E-state index in [1.807, 2.05) is 31.2 Å². The maximum absolute atomic E-state index is 11.9. The number of aryl methyl sites for hydroxylation is 1. The van der Waals surface area contributed by atoms with Crippen molar-refractivity contribution < 1.29 is 14.3 Å². The second-order valence-corrected chi connectivity index (χ2v) is 6.16. The van der Waals surface area contributed by atoms with Crippen LogP contribution in [0.4, 0.5) is 0 Å². The highest BCUT2D eigenvalue weighted by Crippen LogP contribution is 2.27. The third-order valence-electron chi connectivity index (χ3n) is 3.42. The summed E-state index contributed by atoms with van der Waals surface area (Å²) in [6.07, 6.45) is 2.38. The normalized spacial score (nSPS) is 10.3. The topological polar surface area (TPSA) is 47.6 Å². The number of benzene rings is 1. The van der Waals surface area contributed by atoms with E-state index in [9.17, 15) is 4.79 Å². The number of rotatable bonds is 9. The summed E-state index contributed by atoms with van der Waals surface area (Å²) < 4.78 is 10.8. The van der Waals surface area contributed by atoms with Gasteiger partial charge in [0.05, 0.1) is 13.7 Å². The van der Waals surface area contributed by atoms with Gasteiger partial charge in [0.2, 0.25) is 5.91 Å². The van der Waals surface area contributed by atoms with Crippen LogP contribution < -0.4 is 14.8 Å². The first-order valence-electron chi connectivity index (χ1n) is 7.81. The largest absolute Gasteiger partial charge is 0.493 e. The zero-order valence-corrected chi connectivity index (χ0v) is 14.4. The number of nitrogens with one attached hydrogen (secondary N) is 1. The zero-order valence-electron chi connectivity index (χ0n) is 13.6. The number of carbonyl (C=O) groups is 1. The molecule has 0 radical (unpaired) electrons. The maximum Gasteiger partial charge on any atom is 0.220 e. The van der Waals surface area contributed by atoms with Gasteiger partial charge in [0.15, 0.2) is 11.5 Å². The molecule has 0 aliphatic carbocycles. The van der Waals surface area contributed by atoms with Crippen molar-refractivity contribution in [2.24, 2.45) is 0 Å². The molecule has 0 saturated carbocycles. The van der Waals surface area contributed by atoms with E-state index in [0.29, 0.717) is 25.3 Å². The number of carbonyl (C=O) groups excluding carboxylic acids is 1.